The Kier molecular flexibility index (Phi) is 7.13. The number of aromatic nitrogens is 1. The minimum absolute atomic E-state index is 0.0107. The zero-order valence-corrected chi connectivity index (χ0v) is 17.3. The highest BCUT2D eigenvalue weighted by atomic mass is 32.2. The van der Waals surface area contributed by atoms with E-state index in [1.807, 2.05) is 24.3 Å². The van der Waals surface area contributed by atoms with Crippen molar-refractivity contribution in [1.82, 2.24) is 4.98 Å². The van der Waals surface area contributed by atoms with Crippen LogP contribution in [-0.2, 0) is 15.3 Å². The Balaban J connectivity index is 1.96. The van der Waals surface area contributed by atoms with Gasteiger partial charge in [-0.2, -0.15) is 0 Å². The minimum atomic E-state index is -0.713. The third kappa shape index (κ3) is 5.01. The highest BCUT2D eigenvalue weighted by Crippen LogP contribution is 2.35. The molecule has 8 heteroatoms. The maximum absolute atomic E-state index is 12.4. The number of hydrogen-bond donors (Lipinski definition) is 1. The zero-order valence-electron chi connectivity index (χ0n) is 16.5. The number of nitrogens with zero attached hydrogens (tertiary/aromatic N) is 1. The Morgan fingerprint density at radius 2 is 2.03 bits per heavy atom. The summed E-state index contributed by atoms with van der Waals surface area (Å²) >= 11 is 1.43. The summed E-state index contributed by atoms with van der Waals surface area (Å²) in [6, 6.07) is 12.2. The molecular weight excluding hydrogens is 406 g/mol. The fourth-order valence-electron chi connectivity index (χ4n) is 2.94. The summed E-state index contributed by atoms with van der Waals surface area (Å²) in [4.78, 5) is 29.3. The molecular formula is C22H21NO6S. The minimum Gasteiger partial charge on any atom is -0.502 e. The Morgan fingerprint density at radius 3 is 2.73 bits per heavy atom. The molecule has 30 heavy (non-hydrogen) atoms. The Hall–Kier alpha value is -3.26. The molecule has 156 valence electrons. The molecule has 3 aromatic rings. The summed E-state index contributed by atoms with van der Waals surface area (Å²) in [6.45, 7) is 0. The second kappa shape index (κ2) is 9.98. The number of benzene rings is 1. The van der Waals surface area contributed by atoms with Gasteiger partial charge in [0.05, 0.1) is 32.3 Å². The van der Waals surface area contributed by atoms with Crippen LogP contribution in [0.2, 0.25) is 0 Å². The number of ether oxygens (including phenoxy) is 2. The fraction of sp³-hybridized carbons (Fsp3) is 0.227. The predicted octanol–water partition coefficient (Wildman–Crippen LogP) is 3.74. The van der Waals surface area contributed by atoms with Gasteiger partial charge in [-0.15, -0.1) is 11.8 Å². The number of thioether (sulfide) groups is 1. The Morgan fingerprint density at radius 1 is 1.23 bits per heavy atom. The van der Waals surface area contributed by atoms with Crippen molar-refractivity contribution in [3.63, 3.8) is 0 Å². The van der Waals surface area contributed by atoms with Gasteiger partial charge in [0.1, 0.15) is 11.5 Å². The van der Waals surface area contributed by atoms with Crippen molar-refractivity contribution in [2.45, 2.75) is 23.0 Å². The first kappa shape index (κ1) is 21.4. The van der Waals surface area contributed by atoms with Gasteiger partial charge in [0.25, 0.3) is 0 Å². The van der Waals surface area contributed by atoms with Crippen molar-refractivity contribution in [1.29, 1.82) is 0 Å². The molecule has 0 fully saturated rings. The van der Waals surface area contributed by atoms with Gasteiger partial charge in [-0.1, -0.05) is 18.2 Å². The summed E-state index contributed by atoms with van der Waals surface area (Å²) in [7, 11) is 2.86. The van der Waals surface area contributed by atoms with E-state index < -0.39 is 23.1 Å². The van der Waals surface area contributed by atoms with Crippen molar-refractivity contribution in [2.75, 3.05) is 14.2 Å². The van der Waals surface area contributed by atoms with E-state index in [1.165, 1.54) is 24.9 Å². The largest absolute Gasteiger partial charge is 0.502 e. The molecule has 1 atom stereocenters. The topological polar surface area (TPSA) is 98.9 Å². The van der Waals surface area contributed by atoms with Crippen molar-refractivity contribution in [3.05, 3.63) is 82.2 Å². The maximum atomic E-state index is 12.4. The average Bonchev–Trinajstić information content (AvgIpc) is 2.78. The number of pyridine rings is 1. The molecule has 0 aliphatic heterocycles. The smallest absolute Gasteiger partial charge is 0.306 e. The standard InChI is InChI=1S/C22H21NO6S/c1-27-18-7-3-4-8-19(18)30-13-15-10-17(24)21(26)22(29-15)16(11-20(25)28-2)14-6-5-9-23-12-14/h3-10,12,16,26H,11,13H2,1-2H3. The molecule has 0 saturated heterocycles. The van der Waals surface area contributed by atoms with E-state index in [2.05, 4.69) is 4.98 Å². The first-order valence-electron chi connectivity index (χ1n) is 9.12. The van der Waals surface area contributed by atoms with Crippen LogP contribution in [0.25, 0.3) is 0 Å². The van der Waals surface area contributed by atoms with Gasteiger partial charge in [0.15, 0.2) is 5.76 Å². The fourth-order valence-corrected chi connectivity index (χ4v) is 3.85. The van der Waals surface area contributed by atoms with E-state index in [0.29, 0.717) is 22.8 Å². The Bertz CT molecular complexity index is 1070. The lowest BCUT2D eigenvalue weighted by Crippen LogP contribution is -2.14. The van der Waals surface area contributed by atoms with Crippen LogP contribution in [0.15, 0.2) is 69.0 Å². The second-order valence-electron chi connectivity index (χ2n) is 6.35. The molecule has 2 aromatic heterocycles. The van der Waals surface area contributed by atoms with E-state index >= 15 is 0 Å². The van der Waals surface area contributed by atoms with Gasteiger partial charge in [0.2, 0.25) is 11.2 Å². The summed E-state index contributed by atoms with van der Waals surface area (Å²) in [5.41, 5.74) is 0.0431. The Labute approximate surface area is 177 Å². The van der Waals surface area contributed by atoms with Crippen LogP contribution in [0.4, 0.5) is 0 Å². The molecule has 0 amide bonds. The number of carbonyl (C=O) groups is 1. The molecule has 1 aromatic carbocycles. The summed E-state index contributed by atoms with van der Waals surface area (Å²) in [6.07, 6.45) is 3.04. The van der Waals surface area contributed by atoms with Crippen molar-refractivity contribution < 1.29 is 23.8 Å². The van der Waals surface area contributed by atoms with E-state index in [4.69, 9.17) is 13.9 Å². The highest BCUT2D eigenvalue weighted by molar-refractivity contribution is 7.98. The molecule has 0 radical (unpaired) electrons. The van der Waals surface area contributed by atoms with Crippen molar-refractivity contribution >= 4 is 17.7 Å². The zero-order chi connectivity index (χ0) is 21.5. The monoisotopic (exact) mass is 427 g/mol. The SMILES string of the molecule is COC(=O)CC(c1cccnc1)c1oc(CSc2ccccc2OC)cc(=O)c1O. The number of esters is 1. The second-order valence-corrected chi connectivity index (χ2v) is 7.37. The molecule has 0 bridgehead atoms. The summed E-state index contributed by atoms with van der Waals surface area (Å²) < 4.78 is 16.0. The average molecular weight is 427 g/mol. The number of hydrogen-bond acceptors (Lipinski definition) is 8. The van der Waals surface area contributed by atoms with Crippen LogP contribution in [-0.4, -0.2) is 30.3 Å². The number of methoxy groups -OCH3 is 2. The van der Waals surface area contributed by atoms with Gasteiger partial charge < -0.3 is 19.0 Å². The third-order valence-electron chi connectivity index (χ3n) is 4.44. The highest BCUT2D eigenvalue weighted by Gasteiger charge is 2.26. The van der Waals surface area contributed by atoms with Gasteiger partial charge >= 0.3 is 5.97 Å². The molecule has 0 spiro atoms. The lowest BCUT2D eigenvalue weighted by molar-refractivity contribution is -0.140. The van der Waals surface area contributed by atoms with Crippen LogP contribution in [0, 0.1) is 0 Å². The van der Waals surface area contributed by atoms with E-state index in [9.17, 15) is 14.7 Å². The lowest BCUT2D eigenvalue weighted by Gasteiger charge is -2.17. The van der Waals surface area contributed by atoms with Crippen molar-refractivity contribution in [2.24, 2.45) is 0 Å². The van der Waals surface area contributed by atoms with Crippen molar-refractivity contribution in [3.8, 4) is 11.5 Å². The quantitative estimate of drug-likeness (QED) is 0.429. The van der Waals surface area contributed by atoms with Crippen LogP contribution in [0.3, 0.4) is 0 Å². The molecule has 1 N–H and O–H groups in total. The van der Waals surface area contributed by atoms with Crippen LogP contribution in [0.1, 0.15) is 29.4 Å². The summed E-state index contributed by atoms with van der Waals surface area (Å²) in [5.74, 6) is -0.323. The first-order chi connectivity index (χ1) is 14.5. The number of carbonyl (C=O) groups excluding carboxylic acids is 1. The molecule has 1 unspecified atom stereocenters. The van der Waals surface area contributed by atoms with E-state index in [-0.39, 0.29) is 12.2 Å². The lowest BCUT2D eigenvalue weighted by atomic mass is 9.93. The van der Waals surface area contributed by atoms with E-state index in [0.717, 1.165) is 4.90 Å². The predicted molar refractivity (Wildman–Crippen MR) is 112 cm³/mol. The van der Waals surface area contributed by atoms with E-state index in [1.54, 1.807) is 31.6 Å². The molecule has 3 rings (SSSR count). The van der Waals surface area contributed by atoms with Gasteiger partial charge in [-0.3, -0.25) is 14.6 Å². The van der Waals surface area contributed by atoms with Crippen LogP contribution in [0.5, 0.6) is 11.5 Å². The molecule has 0 aliphatic carbocycles. The maximum Gasteiger partial charge on any atom is 0.306 e. The molecule has 2 heterocycles. The van der Waals surface area contributed by atoms with Gasteiger partial charge in [0, 0.05) is 23.4 Å². The normalized spacial score (nSPS) is 11.7. The van der Waals surface area contributed by atoms with Gasteiger partial charge in [-0.25, -0.2) is 0 Å². The van der Waals surface area contributed by atoms with Crippen LogP contribution >= 0.6 is 11.8 Å². The molecule has 0 aliphatic rings. The third-order valence-corrected chi connectivity index (χ3v) is 5.52. The first-order valence-corrected chi connectivity index (χ1v) is 10.1. The summed E-state index contributed by atoms with van der Waals surface area (Å²) in [5, 5.41) is 10.4. The number of aromatic hydroxyl groups is 1. The number of para-hydroxylation sites is 1. The molecule has 7 nitrogen and oxygen atoms in total. The van der Waals surface area contributed by atoms with Gasteiger partial charge in [-0.05, 0) is 23.8 Å². The number of rotatable bonds is 8. The van der Waals surface area contributed by atoms with Crippen LogP contribution < -0.4 is 10.2 Å². The molecule has 0 saturated carbocycles.